The lowest BCUT2D eigenvalue weighted by molar-refractivity contribution is -0.122. The summed E-state index contributed by atoms with van der Waals surface area (Å²) in [6.45, 7) is 7.43. The molecule has 0 spiro atoms. The van der Waals surface area contributed by atoms with Crippen LogP contribution in [0.3, 0.4) is 0 Å². The van der Waals surface area contributed by atoms with Gasteiger partial charge in [-0.3, -0.25) is 4.79 Å². The Morgan fingerprint density at radius 2 is 2.00 bits per heavy atom. The van der Waals surface area contributed by atoms with E-state index in [1.54, 1.807) is 7.11 Å². The molecule has 0 aliphatic rings. The highest BCUT2D eigenvalue weighted by Gasteiger charge is 2.10. The number of amides is 1. The molecule has 2 atom stereocenters. The van der Waals surface area contributed by atoms with Crippen molar-refractivity contribution < 1.29 is 9.53 Å². The molecular weight excluding hydrogens is 204 g/mol. The van der Waals surface area contributed by atoms with E-state index >= 15 is 0 Å². The minimum absolute atomic E-state index is 0.0571. The van der Waals surface area contributed by atoms with E-state index in [9.17, 15) is 4.79 Å². The lowest BCUT2D eigenvalue weighted by atomic mass is 10.0. The van der Waals surface area contributed by atoms with Gasteiger partial charge in [0.15, 0.2) is 0 Å². The first-order valence-electron chi connectivity index (χ1n) is 5.96. The average Bonchev–Trinajstić information content (AvgIpc) is 2.14. The maximum Gasteiger partial charge on any atom is 0.220 e. The van der Waals surface area contributed by atoms with Crippen LogP contribution in [0, 0.1) is 11.8 Å². The number of nitrogens with two attached hydrogens (primary N) is 1. The Kier molecular flexibility index (Phi) is 8.21. The van der Waals surface area contributed by atoms with Gasteiger partial charge < -0.3 is 15.8 Å². The Balaban J connectivity index is 3.64. The number of methoxy groups -OCH3 is 1. The zero-order valence-electron chi connectivity index (χ0n) is 11.0. The van der Waals surface area contributed by atoms with E-state index < -0.39 is 0 Å². The minimum atomic E-state index is 0.0571. The summed E-state index contributed by atoms with van der Waals surface area (Å²) in [5.74, 6) is 0.884. The predicted molar refractivity (Wildman–Crippen MR) is 66.1 cm³/mol. The highest BCUT2D eigenvalue weighted by Crippen LogP contribution is 2.03. The summed E-state index contributed by atoms with van der Waals surface area (Å²) < 4.78 is 4.98. The molecule has 0 radical (unpaired) electrons. The molecule has 0 saturated carbocycles. The minimum Gasteiger partial charge on any atom is -0.384 e. The van der Waals surface area contributed by atoms with Crippen molar-refractivity contribution in [3.8, 4) is 0 Å². The summed E-state index contributed by atoms with van der Waals surface area (Å²) in [4.78, 5) is 11.5. The van der Waals surface area contributed by atoms with Gasteiger partial charge >= 0.3 is 0 Å². The van der Waals surface area contributed by atoms with Crippen LogP contribution >= 0.6 is 0 Å². The van der Waals surface area contributed by atoms with Gasteiger partial charge in [0.2, 0.25) is 5.91 Å². The molecule has 0 rings (SSSR count). The van der Waals surface area contributed by atoms with Gasteiger partial charge in [-0.15, -0.1) is 0 Å². The monoisotopic (exact) mass is 230 g/mol. The van der Waals surface area contributed by atoms with Crippen molar-refractivity contribution in [1.82, 2.24) is 5.32 Å². The van der Waals surface area contributed by atoms with Gasteiger partial charge in [-0.25, -0.2) is 0 Å². The Morgan fingerprint density at radius 3 is 2.50 bits per heavy atom. The molecule has 0 aliphatic heterocycles. The summed E-state index contributed by atoms with van der Waals surface area (Å²) >= 11 is 0. The van der Waals surface area contributed by atoms with Crippen LogP contribution in [0.4, 0.5) is 0 Å². The molecule has 16 heavy (non-hydrogen) atoms. The van der Waals surface area contributed by atoms with Crippen molar-refractivity contribution >= 4 is 5.91 Å². The van der Waals surface area contributed by atoms with E-state index in [0.29, 0.717) is 25.5 Å². The Hall–Kier alpha value is -0.610. The summed E-state index contributed by atoms with van der Waals surface area (Å²) in [6.07, 6.45) is 1.44. The molecule has 0 fully saturated rings. The maximum absolute atomic E-state index is 11.5. The number of carbonyl (C=O) groups excluding carboxylic acids is 1. The quantitative estimate of drug-likeness (QED) is 0.657. The molecule has 4 nitrogen and oxygen atoms in total. The highest BCUT2D eigenvalue weighted by atomic mass is 16.5. The Labute approximate surface area is 98.9 Å². The zero-order chi connectivity index (χ0) is 12.6. The molecule has 0 aliphatic carbocycles. The van der Waals surface area contributed by atoms with Gasteiger partial charge in [0.1, 0.15) is 0 Å². The highest BCUT2D eigenvalue weighted by molar-refractivity contribution is 5.76. The first-order valence-corrected chi connectivity index (χ1v) is 5.96. The first kappa shape index (κ1) is 15.4. The number of hydrogen-bond acceptors (Lipinski definition) is 3. The van der Waals surface area contributed by atoms with Crippen LogP contribution < -0.4 is 11.1 Å². The standard InChI is InChI=1S/C12H26N2O2/c1-9(2)5-11(13)7-14-12(15)6-10(3)8-16-4/h9-11H,5-8,13H2,1-4H3,(H,14,15). The Morgan fingerprint density at radius 1 is 1.38 bits per heavy atom. The van der Waals surface area contributed by atoms with Crippen LogP contribution in [0.15, 0.2) is 0 Å². The van der Waals surface area contributed by atoms with Crippen molar-refractivity contribution in [2.45, 2.75) is 39.7 Å². The molecule has 0 aromatic carbocycles. The molecule has 0 bridgehead atoms. The molecular formula is C12H26N2O2. The number of rotatable bonds is 8. The fourth-order valence-corrected chi connectivity index (χ4v) is 1.67. The van der Waals surface area contributed by atoms with Crippen LogP contribution in [-0.4, -0.2) is 32.2 Å². The van der Waals surface area contributed by atoms with Gasteiger partial charge in [0.05, 0.1) is 0 Å². The number of hydrogen-bond donors (Lipinski definition) is 2. The molecule has 0 aromatic rings. The fraction of sp³-hybridized carbons (Fsp3) is 0.917. The second-order valence-corrected chi connectivity index (χ2v) is 4.96. The number of ether oxygens (including phenoxy) is 1. The maximum atomic E-state index is 11.5. The van der Waals surface area contributed by atoms with E-state index in [1.165, 1.54) is 0 Å². The largest absolute Gasteiger partial charge is 0.384 e. The van der Waals surface area contributed by atoms with Crippen molar-refractivity contribution in [2.24, 2.45) is 17.6 Å². The van der Waals surface area contributed by atoms with E-state index in [-0.39, 0.29) is 17.9 Å². The smallest absolute Gasteiger partial charge is 0.220 e. The summed E-state index contributed by atoms with van der Waals surface area (Å²) in [5.41, 5.74) is 5.87. The van der Waals surface area contributed by atoms with Gasteiger partial charge in [0, 0.05) is 32.7 Å². The normalized spacial score (nSPS) is 14.9. The van der Waals surface area contributed by atoms with E-state index in [2.05, 4.69) is 19.2 Å². The molecule has 4 heteroatoms. The van der Waals surface area contributed by atoms with Crippen molar-refractivity contribution in [3.63, 3.8) is 0 Å². The van der Waals surface area contributed by atoms with Gasteiger partial charge in [-0.05, 0) is 18.3 Å². The Bertz CT molecular complexity index is 195. The first-order chi connectivity index (χ1) is 7.45. The van der Waals surface area contributed by atoms with Crippen LogP contribution in [0.5, 0.6) is 0 Å². The molecule has 2 unspecified atom stereocenters. The van der Waals surface area contributed by atoms with Crippen LogP contribution in [0.25, 0.3) is 0 Å². The third kappa shape index (κ3) is 8.68. The second-order valence-electron chi connectivity index (χ2n) is 4.96. The van der Waals surface area contributed by atoms with E-state index in [1.807, 2.05) is 6.92 Å². The number of carbonyl (C=O) groups is 1. The summed E-state index contributed by atoms with van der Waals surface area (Å²) in [7, 11) is 1.65. The zero-order valence-corrected chi connectivity index (χ0v) is 11.0. The molecule has 1 amide bonds. The molecule has 3 N–H and O–H groups in total. The van der Waals surface area contributed by atoms with Gasteiger partial charge in [0.25, 0.3) is 0 Å². The molecule has 0 aromatic heterocycles. The summed E-state index contributed by atoms with van der Waals surface area (Å²) in [6, 6.07) is 0.0571. The number of nitrogens with one attached hydrogen (secondary N) is 1. The van der Waals surface area contributed by atoms with E-state index in [4.69, 9.17) is 10.5 Å². The lowest BCUT2D eigenvalue weighted by Crippen LogP contribution is -2.38. The fourth-order valence-electron chi connectivity index (χ4n) is 1.67. The van der Waals surface area contributed by atoms with Crippen molar-refractivity contribution in [2.75, 3.05) is 20.3 Å². The van der Waals surface area contributed by atoms with E-state index in [0.717, 1.165) is 6.42 Å². The van der Waals surface area contributed by atoms with Crippen LogP contribution in [0.1, 0.15) is 33.6 Å². The molecule has 0 heterocycles. The summed E-state index contributed by atoms with van der Waals surface area (Å²) in [5, 5.41) is 2.86. The lowest BCUT2D eigenvalue weighted by Gasteiger charge is -2.16. The SMILES string of the molecule is COCC(C)CC(=O)NCC(N)CC(C)C. The van der Waals surface area contributed by atoms with Gasteiger partial charge in [-0.1, -0.05) is 20.8 Å². The third-order valence-electron chi connectivity index (χ3n) is 2.32. The molecule has 96 valence electrons. The van der Waals surface area contributed by atoms with Gasteiger partial charge in [-0.2, -0.15) is 0 Å². The van der Waals surface area contributed by atoms with Crippen LogP contribution in [0.2, 0.25) is 0 Å². The van der Waals surface area contributed by atoms with Crippen LogP contribution in [-0.2, 0) is 9.53 Å². The van der Waals surface area contributed by atoms with Crippen molar-refractivity contribution in [3.05, 3.63) is 0 Å². The third-order valence-corrected chi connectivity index (χ3v) is 2.32. The average molecular weight is 230 g/mol. The predicted octanol–water partition coefficient (Wildman–Crippen LogP) is 1.15. The molecule has 0 saturated heterocycles. The van der Waals surface area contributed by atoms with Crippen molar-refractivity contribution in [1.29, 1.82) is 0 Å². The topological polar surface area (TPSA) is 64.3 Å². The second kappa shape index (κ2) is 8.53.